The van der Waals surface area contributed by atoms with Crippen LogP contribution in [0.4, 0.5) is 5.69 Å². The van der Waals surface area contributed by atoms with Gasteiger partial charge >= 0.3 is 17.8 Å². The van der Waals surface area contributed by atoms with Gasteiger partial charge in [-0.05, 0) is 30.7 Å². The molecular formula is C15H18N2O4. The summed E-state index contributed by atoms with van der Waals surface area (Å²) >= 11 is 0. The summed E-state index contributed by atoms with van der Waals surface area (Å²) in [6.45, 7) is 5.92. The number of anilines is 1. The van der Waals surface area contributed by atoms with Crippen LogP contribution in [0.1, 0.15) is 23.7 Å². The lowest BCUT2D eigenvalue weighted by Crippen LogP contribution is -2.35. The predicted octanol–water partition coefficient (Wildman–Crippen LogP) is 1.49. The molecule has 0 unspecified atom stereocenters. The lowest BCUT2D eigenvalue weighted by Gasteiger charge is -2.06. The van der Waals surface area contributed by atoms with Crippen LogP contribution in [0.15, 0.2) is 36.9 Å². The molecule has 112 valence electrons. The molecule has 0 bridgehead atoms. The van der Waals surface area contributed by atoms with Gasteiger partial charge in [0, 0.05) is 12.2 Å². The van der Waals surface area contributed by atoms with Gasteiger partial charge in [0.05, 0.1) is 12.2 Å². The SMILES string of the molecule is C=CCNC(=O)C(=O)Nc1ccc(C(=O)OCCC)cc1. The Bertz CT molecular complexity index is 523. The molecule has 2 N–H and O–H groups in total. The van der Waals surface area contributed by atoms with Gasteiger partial charge in [0.25, 0.3) is 0 Å². The predicted molar refractivity (Wildman–Crippen MR) is 78.9 cm³/mol. The highest BCUT2D eigenvalue weighted by atomic mass is 16.5. The summed E-state index contributed by atoms with van der Waals surface area (Å²) in [7, 11) is 0. The van der Waals surface area contributed by atoms with E-state index < -0.39 is 17.8 Å². The molecule has 0 saturated heterocycles. The Morgan fingerprint density at radius 3 is 2.43 bits per heavy atom. The molecule has 0 aliphatic rings. The summed E-state index contributed by atoms with van der Waals surface area (Å²) in [6, 6.07) is 6.10. The molecule has 0 radical (unpaired) electrons. The second-order valence-electron chi connectivity index (χ2n) is 4.17. The highest BCUT2D eigenvalue weighted by Crippen LogP contribution is 2.10. The fourth-order valence-electron chi connectivity index (χ4n) is 1.40. The third kappa shape index (κ3) is 5.48. The zero-order valence-electron chi connectivity index (χ0n) is 11.8. The Morgan fingerprint density at radius 1 is 1.19 bits per heavy atom. The van der Waals surface area contributed by atoms with Crippen molar-refractivity contribution in [3.05, 3.63) is 42.5 Å². The summed E-state index contributed by atoms with van der Waals surface area (Å²) in [5.41, 5.74) is 0.804. The van der Waals surface area contributed by atoms with Crippen molar-refractivity contribution in [1.82, 2.24) is 5.32 Å². The number of rotatable bonds is 6. The molecule has 0 aromatic heterocycles. The van der Waals surface area contributed by atoms with E-state index in [0.717, 1.165) is 6.42 Å². The van der Waals surface area contributed by atoms with Crippen molar-refractivity contribution in [2.45, 2.75) is 13.3 Å². The molecule has 1 aromatic rings. The minimum absolute atomic E-state index is 0.217. The molecule has 6 nitrogen and oxygen atoms in total. The van der Waals surface area contributed by atoms with E-state index in [-0.39, 0.29) is 6.54 Å². The monoisotopic (exact) mass is 290 g/mol. The van der Waals surface area contributed by atoms with Crippen LogP contribution < -0.4 is 10.6 Å². The molecule has 0 aliphatic heterocycles. The quantitative estimate of drug-likeness (QED) is 0.472. The Morgan fingerprint density at radius 2 is 1.86 bits per heavy atom. The molecule has 1 rings (SSSR count). The molecule has 6 heteroatoms. The number of carbonyl (C=O) groups is 3. The maximum Gasteiger partial charge on any atom is 0.338 e. The van der Waals surface area contributed by atoms with Crippen molar-refractivity contribution >= 4 is 23.5 Å². The van der Waals surface area contributed by atoms with Crippen LogP contribution in [0.3, 0.4) is 0 Å². The van der Waals surface area contributed by atoms with Gasteiger partial charge in [0.1, 0.15) is 0 Å². The van der Waals surface area contributed by atoms with Crippen molar-refractivity contribution in [2.75, 3.05) is 18.5 Å². The molecule has 0 atom stereocenters. The van der Waals surface area contributed by atoms with Gasteiger partial charge in [-0.2, -0.15) is 0 Å². The van der Waals surface area contributed by atoms with E-state index in [0.29, 0.717) is 17.9 Å². The lowest BCUT2D eigenvalue weighted by molar-refractivity contribution is -0.136. The van der Waals surface area contributed by atoms with Crippen LogP contribution in [0.25, 0.3) is 0 Å². The largest absolute Gasteiger partial charge is 0.462 e. The number of nitrogens with one attached hydrogen (secondary N) is 2. The van der Waals surface area contributed by atoms with Crippen molar-refractivity contribution in [3.8, 4) is 0 Å². The smallest absolute Gasteiger partial charge is 0.338 e. The van der Waals surface area contributed by atoms with Gasteiger partial charge in [-0.3, -0.25) is 9.59 Å². The highest BCUT2D eigenvalue weighted by Gasteiger charge is 2.13. The molecule has 0 saturated carbocycles. The summed E-state index contributed by atoms with van der Waals surface area (Å²) < 4.78 is 4.98. The van der Waals surface area contributed by atoms with Crippen LogP contribution in [0.2, 0.25) is 0 Å². The van der Waals surface area contributed by atoms with E-state index in [1.165, 1.54) is 30.3 Å². The van der Waals surface area contributed by atoms with E-state index in [4.69, 9.17) is 4.74 Å². The number of hydrogen-bond acceptors (Lipinski definition) is 4. The lowest BCUT2D eigenvalue weighted by atomic mass is 10.2. The molecule has 0 heterocycles. The van der Waals surface area contributed by atoms with Crippen molar-refractivity contribution in [2.24, 2.45) is 0 Å². The van der Waals surface area contributed by atoms with Gasteiger partial charge in [-0.25, -0.2) is 4.79 Å². The standard InChI is InChI=1S/C15H18N2O4/c1-3-9-16-13(18)14(19)17-12-7-5-11(6-8-12)15(20)21-10-4-2/h3,5-8H,1,4,9-10H2,2H3,(H,16,18)(H,17,19). The second-order valence-corrected chi connectivity index (χ2v) is 4.17. The maximum absolute atomic E-state index is 11.6. The molecule has 1 aromatic carbocycles. The fraction of sp³-hybridized carbons (Fsp3) is 0.267. The molecule has 0 fully saturated rings. The number of esters is 1. The second kappa shape index (κ2) is 8.52. The summed E-state index contributed by atoms with van der Waals surface area (Å²) in [4.78, 5) is 34.5. The van der Waals surface area contributed by atoms with Crippen LogP contribution in [-0.2, 0) is 14.3 Å². The first kappa shape index (κ1) is 16.4. The zero-order valence-corrected chi connectivity index (χ0v) is 11.8. The number of benzene rings is 1. The van der Waals surface area contributed by atoms with Crippen LogP contribution in [0.5, 0.6) is 0 Å². The minimum atomic E-state index is -0.779. The topological polar surface area (TPSA) is 84.5 Å². The van der Waals surface area contributed by atoms with E-state index >= 15 is 0 Å². The van der Waals surface area contributed by atoms with Crippen molar-refractivity contribution in [3.63, 3.8) is 0 Å². The van der Waals surface area contributed by atoms with Gasteiger partial charge in [-0.15, -0.1) is 6.58 Å². The number of ether oxygens (including phenoxy) is 1. The fourth-order valence-corrected chi connectivity index (χ4v) is 1.40. The van der Waals surface area contributed by atoms with E-state index in [2.05, 4.69) is 17.2 Å². The van der Waals surface area contributed by atoms with Crippen molar-refractivity contribution < 1.29 is 19.1 Å². The summed E-state index contributed by atoms with van der Waals surface area (Å²) in [5.74, 6) is -1.95. The van der Waals surface area contributed by atoms with E-state index in [9.17, 15) is 14.4 Å². The van der Waals surface area contributed by atoms with Gasteiger partial charge < -0.3 is 15.4 Å². The number of hydrogen-bond donors (Lipinski definition) is 2. The molecule has 2 amide bonds. The van der Waals surface area contributed by atoms with Crippen LogP contribution in [0, 0.1) is 0 Å². The zero-order chi connectivity index (χ0) is 15.7. The van der Waals surface area contributed by atoms with Gasteiger partial charge in [0.15, 0.2) is 0 Å². The molecule has 0 aliphatic carbocycles. The molecule has 0 spiro atoms. The average Bonchev–Trinajstić information content (AvgIpc) is 2.50. The first-order valence-electron chi connectivity index (χ1n) is 6.55. The van der Waals surface area contributed by atoms with E-state index in [1.54, 1.807) is 0 Å². The van der Waals surface area contributed by atoms with Crippen molar-refractivity contribution in [1.29, 1.82) is 0 Å². The highest BCUT2D eigenvalue weighted by molar-refractivity contribution is 6.39. The average molecular weight is 290 g/mol. The Labute approximate surface area is 123 Å². The first-order chi connectivity index (χ1) is 10.1. The Balaban J connectivity index is 2.58. The van der Waals surface area contributed by atoms with Crippen LogP contribution >= 0.6 is 0 Å². The number of amides is 2. The first-order valence-corrected chi connectivity index (χ1v) is 6.55. The normalized spacial score (nSPS) is 9.57. The molecular weight excluding hydrogens is 272 g/mol. The number of carbonyl (C=O) groups excluding carboxylic acids is 3. The van der Waals surface area contributed by atoms with Gasteiger partial charge in [-0.1, -0.05) is 13.0 Å². The van der Waals surface area contributed by atoms with Gasteiger partial charge in [0.2, 0.25) is 0 Å². The summed E-state index contributed by atoms with van der Waals surface area (Å²) in [6.07, 6.45) is 2.22. The minimum Gasteiger partial charge on any atom is -0.462 e. The third-order valence-corrected chi connectivity index (χ3v) is 2.43. The van der Waals surface area contributed by atoms with Crippen LogP contribution in [-0.4, -0.2) is 30.9 Å². The van der Waals surface area contributed by atoms with E-state index in [1.807, 2.05) is 6.92 Å². The Hall–Kier alpha value is -2.63. The maximum atomic E-state index is 11.6. The Kier molecular flexibility index (Phi) is 6.67. The molecule has 21 heavy (non-hydrogen) atoms. The summed E-state index contributed by atoms with van der Waals surface area (Å²) in [5, 5.41) is 4.78. The third-order valence-electron chi connectivity index (χ3n) is 2.43.